The van der Waals surface area contributed by atoms with Crippen LogP contribution < -0.4 is 0 Å². The van der Waals surface area contributed by atoms with Gasteiger partial charge >= 0.3 is 0 Å². The molecule has 0 saturated heterocycles. The molecule has 3 rings (SSSR count). The molecule has 1 aliphatic rings. The van der Waals surface area contributed by atoms with Crippen LogP contribution in [0.25, 0.3) is 0 Å². The molecule has 1 aliphatic heterocycles. The zero-order chi connectivity index (χ0) is 14.7. The fourth-order valence-corrected chi connectivity index (χ4v) is 3.46. The number of hydrogen-bond donors (Lipinski definition) is 0. The van der Waals surface area contributed by atoms with E-state index in [0.717, 1.165) is 17.2 Å². The van der Waals surface area contributed by atoms with Crippen molar-refractivity contribution in [3.63, 3.8) is 0 Å². The lowest BCUT2D eigenvalue weighted by Crippen LogP contribution is -2.07. The van der Waals surface area contributed by atoms with E-state index >= 15 is 0 Å². The van der Waals surface area contributed by atoms with Crippen molar-refractivity contribution in [3.8, 4) is 0 Å². The highest BCUT2D eigenvalue weighted by Gasteiger charge is 2.24. The van der Waals surface area contributed by atoms with E-state index in [9.17, 15) is 10.1 Å². The van der Waals surface area contributed by atoms with Crippen molar-refractivity contribution in [2.45, 2.75) is 12.5 Å². The standard InChI is InChI=1S/C16H14N2O2S/c19-18(20)15-9-5-4-8-14(15)16-17-13(11-21-16)10-12-6-2-1-3-7-12/h1-9,13H,10-11H2. The number of hydrogen-bond acceptors (Lipinski definition) is 4. The lowest BCUT2D eigenvalue weighted by molar-refractivity contribution is -0.385. The van der Waals surface area contributed by atoms with Gasteiger partial charge < -0.3 is 0 Å². The van der Waals surface area contributed by atoms with Crippen LogP contribution in [0.5, 0.6) is 0 Å². The molecule has 2 aromatic carbocycles. The molecule has 0 aromatic heterocycles. The van der Waals surface area contributed by atoms with Crippen LogP contribution >= 0.6 is 11.8 Å². The average molecular weight is 298 g/mol. The summed E-state index contributed by atoms with van der Waals surface area (Å²) in [5.41, 5.74) is 2.00. The Bertz CT molecular complexity index is 686. The molecule has 1 heterocycles. The van der Waals surface area contributed by atoms with Crippen LogP contribution in [0.4, 0.5) is 5.69 Å². The number of nitro groups is 1. The monoisotopic (exact) mass is 298 g/mol. The summed E-state index contributed by atoms with van der Waals surface area (Å²) >= 11 is 1.60. The SMILES string of the molecule is O=[N+]([O-])c1ccccc1C1=NC(Cc2ccccc2)CS1. The topological polar surface area (TPSA) is 55.5 Å². The Morgan fingerprint density at radius 3 is 2.62 bits per heavy atom. The summed E-state index contributed by atoms with van der Waals surface area (Å²) in [7, 11) is 0. The number of aliphatic imine (C=N–C) groups is 1. The minimum atomic E-state index is -0.344. The van der Waals surface area contributed by atoms with Gasteiger partial charge in [-0.25, -0.2) is 0 Å². The van der Waals surface area contributed by atoms with Gasteiger partial charge in [-0.3, -0.25) is 15.1 Å². The maximum Gasteiger partial charge on any atom is 0.279 e. The first-order valence-electron chi connectivity index (χ1n) is 6.72. The van der Waals surface area contributed by atoms with E-state index in [0.29, 0.717) is 5.56 Å². The van der Waals surface area contributed by atoms with Crippen molar-refractivity contribution in [1.82, 2.24) is 0 Å². The normalized spacial score (nSPS) is 17.5. The Labute approximate surface area is 127 Å². The van der Waals surface area contributed by atoms with Gasteiger partial charge in [0.25, 0.3) is 5.69 Å². The van der Waals surface area contributed by atoms with Gasteiger partial charge in [-0.15, -0.1) is 11.8 Å². The van der Waals surface area contributed by atoms with E-state index in [2.05, 4.69) is 17.1 Å². The summed E-state index contributed by atoms with van der Waals surface area (Å²) in [6.07, 6.45) is 0.873. The Hall–Kier alpha value is -2.14. The predicted octanol–water partition coefficient (Wildman–Crippen LogP) is 3.70. The second-order valence-electron chi connectivity index (χ2n) is 4.86. The molecule has 1 unspecified atom stereocenters. The van der Waals surface area contributed by atoms with Gasteiger partial charge in [-0.2, -0.15) is 0 Å². The lowest BCUT2D eigenvalue weighted by atomic mass is 10.1. The minimum absolute atomic E-state index is 0.129. The summed E-state index contributed by atoms with van der Waals surface area (Å²) in [4.78, 5) is 15.4. The second-order valence-corrected chi connectivity index (χ2v) is 5.87. The molecule has 0 N–H and O–H groups in total. The van der Waals surface area contributed by atoms with Gasteiger partial charge in [0.15, 0.2) is 0 Å². The number of thioether (sulfide) groups is 1. The first kappa shape index (κ1) is 13.8. The molecule has 106 valence electrons. The summed E-state index contributed by atoms with van der Waals surface area (Å²) in [6, 6.07) is 17.2. The Kier molecular flexibility index (Phi) is 4.01. The van der Waals surface area contributed by atoms with E-state index in [1.807, 2.05) is 24.3 Å². The number of nitrogens with zero attached hydrogens (tertiary/aromatic N) is 2. The van der Waals surface area contributed by atoms with Crippen LogP contribution in [0.15, 0.2) is 59.6 Å². The Morgan fingerprint density at radius 1 is 1.14 bits per heavy atom. The lowest BCUT2D eigenvalue weighted by Gasteiger charge is -2.04. The molecule has 0 spiro atoms. The van der Waals surface area contributed by atoms with Crippen molar-refractivity contribution >= 4 is 22.5 Å². The molecule has 0 aliphatic carbocycles. The molecule has 4 nitrogen and oxygen atoms in total. The highest BCUT2D eigenvalue weighted by atomic mass is 32.2. The number of rotatable bonds is 4. The van der Waals surface area contributed by atoms with E-state index in [1.54, 1.807) is 23.9 Å². The molecule has 5 heteroatoms. The first-order valence-corrected chi connectivity index (χ1v) is 7.71. The summed E-state index contributed by atoms with van der Waals surface area (Å²) in [5.74, 6) is 0.871. The molecule has 0 amide bonds. The molecule has 0 radical (unpaired) electrons. The average Bonchev–Trinajstić information content (AvgIpc) is 2.96. The van der Waals surface area contributed by atoms with Crippen molar-refractivity contribution < 1.29 is 4.92 Å². The maximum absolute atomic E-state index is 11.1. The quantitative estimate of drug-likeness (QED) is 0.639. The highest BCUT2D eigenvalue weighted by Crippen LogP contribution is 2.30. The third-order valence-electron chi connectivity index (χ3n) is 3.36. The van der Waals surface area contributed by atoms with Crippen molar-refractivity contribution in [3.05, 3.63) is 75.8 Å². The van der Waals surface area contributed by atoms with E-state index < -0.39 is 0 Å². The molecule has 21 heavy (non-hydrogen) atoms. The van der Waals surface area contributed by atoms with Crippen LogP contribution in [0, 0.1) is 10.1 Å². The Morgan fingerprint density at radius 2 is 1.86 bits per heavy atom. The fourth-order valence-electron chi connectivity index (χ4n) is 2.37. The van der Waals surface area contributed by atoms with Gasteiger partial charge in [0.05, 0.1) is 16.5 Å². The fraction of sp³-hybridized carbons (Fsp3) is 0.188. The molecular weight excluding hydrogens is 284 g/mol. The smallest absolute Gasteiger partial charge is 0.273 e. The Balaban J connectivity index is 1.82. The van der Waals surface area contributed by atoms with Gasteiger partial charge in [0.1, 0.15) is 5.04 Å². The van der Waals surface area contributed by atoms with Crippen molar-refractivity contribution in [2.24, 2.45) is 4.99 Å². The number of para-hydroxylation sites is 1. The molecular formula is C16H14N2O2S. The molecule has 2 aromatic rings. The van der Waals surface area contributed by atoms with Crippen LogP contribution in [0.1, 0.15) is 11.1 Å². The second kappa shape index (κ2) is 6.10. The molecule has 0 saturated carbocycles. The highest BCUT2D eigenvalue weighted by molar-refractivity contribution is 8.14. The van der Waals surface area contributed by atoms with E-state index in [1.165, 1.54) is 11.6 Å². The number of nitro benzene ring substituents is 1. The molecule has 1 atom stereocenters. The van der Waals surface area contributed by atoms with Crippen molar-refractivity contribution in [2.75, 3.05) is 5.75 Å². The van der Waals surface area contributed by atoms with Crippen LogP contribution in [0.3, 0.4) is 0 Å². The predicted molar refractivity (Wildman–Crippen MR) is 86.0 cm³/mol. The van der Waals surface area contributed by atoms with Gasteiger partial charge in [0, 0.05) is 11.8 Å². The van der Waals surface area contributed by atoms with Gasteiger partial charge in [0.2, 0.25) is 0 Å². The largest absolute Gasteiger partial charge is 0.279 e. The zero-order valence-corrected chi connectivity index (χ0v) is 12.1. The molecule has 0 bridgehead atoms. The third-order valence-corrected chi connectivity index (χ3v) is 4.51. The summed E-state index contributed by atoms with van der Waals surface area (Å²) in [6.45, 7) is 0. The van der Waals surface area contributed by atoms with Crippen LogP contribution in [-0.2, 0) is 6.42 Å². The van der Waals surface area contributed by atoms with Crippen molar-refractivity contribution in [1.29, 1.82) is 0 Å². The third kappa shape index (κ3) is 3.13. The number of benzene rings is 2. The minimum Gasteiger partial charge on any atom is -0.273 e. The van der Waals surface area contributed by atoms with Crippen LogP contribution in [0.2, 0.25) is 0 Å². The first-order chi connectivity index (χ1) is 10.2. The summed E-state index contributed by atoms with van der Waals surface area (Å²) < 4.78 is 0. The van der Waals surface area contributed by atoms with E-state index in [-0.39, 0.29) is 16.7 Å². The van der Waals surface area contributed by atoms with Gasteiger partial charge in [-0.05, 0) is 18.1 Å². The van der Waals surface area contributed by atoms with Gasteiger partial charge in [-0.1, -0.05) is 42.5 Å². The maximum atomic E-state index is 11.1. The van der Waals surface area contributed by atoms with E-state index in [4.69, 9.17) is 0 Å². The summed E-state index contributed by atoms with van der Waals surface area (Å²) in [5, 5.41) is 11.9. The molecule has 0 fully saturated rings. The zero-order valence-electron chi connectivity index (χ0n) is 11.3. The van der Waals surface area contributed by atoms with Crippen LogP contribution in [-0.4, -0.2) is 21.8 Å².